The van der Waals surface area contributed by atoms with Crippen molar-refractivity contribution in [2.75, 3.05) is 20.1 Å². The summed E-state index contributed by atoms with van der Waals surface area (Å²) < 4.78 is 0. The number of likely N-dealkylation sites (tertiary alicyclic amines) is 1. The van der Waals surface area contributed by atoms with Gasteiger partial charge in [0.05, 0.1) is 0 Å². The van der Waals surface area contributed by atoms with Gasteiger partial charge in [-0.2, -0.15) is 0 Å². The second-order valence-electron chi connectivity index (χ2n) is 3.82. The second-order valence-corrected chi connectivity index (χ2v) is 3.82. The first-order valence-electron chi connectivity index (χ1n) is 4.77. The minimum absolute atomic E-state index is 0.663. The van der Waals surface area contributed by atoms with E-state index in [1.165, 1.54) is 24.2 Å². The molecule has 0 saturated carbocycles. The highest BCUT2D eigenvalue weighted by molar-refractivity contribution is 5.32. The van der Waals surface area contributed by atoms with Crippen LogP contribution in [0.4, 0.5) is 0 Å². The Balaban J connectivity index is 2.19. The minimum atomic E-state index is 0.663. The van der Waals surface area contributed by atoms with E-state index in [0.29, 0.717) is 12.5 Å². The van der Waals surface area contributed by atoms with E-state index < -0.39 is 0 Å². The summed E-state index contributed by atoms with van der Waals surface area (Å²) in [6.45, 7) is 3.02. The van der Waals surface area contributed by atoms with Crippen molar-refractivity contribution in [3.63, 3.8) is 0 Å². The Hall–Kier alpha value is -0.860. The normalized spacial score (nSPS) is 18.6. The molecule has 0 unspecified atom stereocenters. The quantitative estimate of drug-likeness (QED) is 0.733. The Bertz CT molecular complexity index is 290. The monoisotopic (exact) mass is 176 g/mol. The molecule has 13 heavy (non-hydrogen) atoms. The highest BCUT2D eigenvalue weighted by Gasteiger charge is 2.25. The molecular formula is C11H16N2. The molecule has 1 aromatic rings. The molecule has 1 aromatic carbocycles. The lowest BCUT2D eigenvalue weighted by atomic mass is 9.88. The van der Waals surface area contributed by atoms with Crippen LogP contribution in [0.25, 0.3) is 0 Å². The van der Waals surface area contributed by atoms with Crippen molar-refractivity contribution in [1.82, 2.24) is 4.90 Å². The molecule has 1 fully saturated rings. The van der Waals surface area contributed by atoms with Crippen LogP contribution in [-0.4, -0.2) is 25.0 Å². The number of hydrogen-bond donors (Lipinski definition) is 1. The van der Waals surface area contributed by atoms with Gasteiger partial charge in [0, 0.05) is 25.6 Å². The number of nitrogens with zero attached hydrogens (tertiary/aromatic N) is 1. The van der Waals surface area contributed by atoms with Gasteiger partial charge in [-0.3, -0.25) is 0 Å². The van der Waals surface area contributed by atoms with E-state index in [4.69, 9.17) is 5.73 Å². The van der Waals surface area contributed by atoms with Crippen molar-refractivity contribution >= 4 is 0 Å². The van der Waals surface area contributed by atoms with Crippen LogP contribution in [0, 0.1) is 0 Å². The molecule has 1 heterocycles. The Morgan fingerprint density at radius 3 is 2.69 bits per heavy atom. The first kappa shape index (κ1) is 8.73. The van der Waals surface area contributed by atoms with Gasteiger partial charge >= 0.3 is 0 Å². The molecule has 2 N–H and O–H groups in total. The van der Waals surface area contributed by atoms with Gasteiger partial charge in [0.2, 0.25) is 0 Å². The van der Waals surface area contributed by atoms with Gasteiger partial charge in [0.15, 0.2) is 0 Å². The lowest BCUT2D eigenvalue weighted by Gasteiger charge is -2.37. The molecule has 0 aromatic heterocycles. The van der Waals surface area contributed by atoms with Crippen molar-refractivity contribution in [2.45, 2.75) is 12.5 Å². The van der Waals surface area contributed by atoms with Crippen molar-refractivity contribution in [1.29, 1.82) is 0 Å². The SMILES string of the molecule is CN1CC(c2ccccc2CN)C1. The van der Waals surface area contributed by atoms with Crippen LogP contribution in [0.1, 0.15) is 17.0 Å². The van der Waals surface area contributed by atoms with Gasteiger partial charge in [-0.15, -0.1) is 0 Å². The average Bonchev–Trinajstić information content (AvgIpc) is 2.13. The van der Waals surface area contributed by atoms with E-state index >= 15 is 0 Å². The topological polar surface area (TPSA) is 29.3 Å². The number of hydrogen-bond acceptors (Lipinski definition) is 2. The molecule has 2 rings (SSSR count). The van der Waals surface area contributed by atoms with Crippen molar-refractivity contribution in [3.8, 4) is 0 Å². The maximum atomic E-state index is 5.69. The fourth-order valence-electron chi connectivity index (χ4n) is 2.01. The highest BCUT2D eigenvalue weighted by atomic mass is 15.2. The fraction of sp³-hybridized carbons (Fsp3) is 0.455. The number of nitrogens with two attached hydrogens (primary N) is 1. The minimum Gasteiger partial charge on any atom is -0.326 e. The van der Waals surface area contributed by atoms with E-state index in [1.54, 1.807) is 0 Å². The van der Waals surface area contributed by atoms with E-state index in [1.807, 2.05) is 0 Å². The molecule has 0 bridgehead atoms. The smallest absolute Gasteiger partial charge is 0.0180 e. The van der Waals surface area contributed by atoms with Crippen molar-refractivity contribution < 1.29 is 0 Å². The molecule has 0 amide bonds. The molecule has 1 aliphatic rings. The van der Waals surface area contributed by atoms with E-state index in [9.17, 15) is 0 Å². The summed E-state index contributed by atoms with van der Waals surface area (Å²) in [5, 5.41) is 0. The summed E-state index contributed by atoms with van der Waals surface area (Å²) in [6.07, 6.45) is 0. The third-order valence-corrected chi connectivity index (χ3v) is 2.78. The zero-order valence-electron chi connectivity index (χ0n) is 8.03. The summed E-state index contributed by atoms with van der Waals surface area (Å²) in [5.74, 6) is 0.713. The summed E-state index contributed by atoms with van der Waals surface area (Å²) in [6, 6.07) is 8.51. The largest absolute Gasteiger partial charge is 0.326 e. The van der Waals surface area contributed by atoms with Gasteiger partial charge < -0.3 is 10.6 Å². The Kier molecular flexibility index (Phi) is 2.34. The molecule has 70 valence electrons. The molecule has 0 radical (unpaired) electrons. The summed E-state index contributed by atoms with van der Waals surface area (Å²) >= 11 is 0. The molecule has 2 heteroatoms. The van der Waals surface area contributed by atoms with Crippen LogP contribution in [0.3, 0.4) is 0 Å². The molecule has 1 aliphatic heterocycles. The Morgan fingerprint density at radius 2 is 2.08 bits per heavy atom. The lowest BCUT2D eigenvalue weighted by Crippen LogP contribution is -2.42. The summed E-state index contributed by atoms with van der Waals surface area (Å²) in [4.78, 5) is 2.33. The zero-order chi connectivity index (χ0) is 9.26. The number of benzene rings is 1. The Morgan fingerprint density at radius 1 is 1.38 bits per heavy atom. The standard InChI is InChI=1S/C11H16N2/c1-13-7-10(8-13)11-5-3-2-4-9(11)6-12/h2-5,10H,6-8,12H2,1H3. The lowest BCUT2D eigenvalue weighted by molar-refractivity contribution is 0.189. The van der Waals surface area contributed by atoms with Crippen LogP contribution in [0.5, 0.6) is 0 Å². The van der Waals surface area contributed by atoms with Crippen LogP contribution in [0.15, 0.2) is 24.3 Å². The van der Waals surface area contributed by atoms with Crippen LogP contribution in [-0.2, 0) is 6.54 Å². The van der Waals surface area contributed by atoms with Gasteiger partial charge in [-0.1, -0.05) is 24.3 Å². The first-order chi connectivity index (χ1) is 6.31. The maximum absolute atomic E-state index is 5.69. The maximum Gasteiger partial charge on any atom is 0.0180 e. The second kappa shape index (κ2) is 3.48. The number of rotatable bonds is 2. The fourth-order valence-corrected chi connectivity index (χ4v) is 2.01. The molecule has 1 saturated heterocycles. The van der Waals surface area contributed by atoms with Gasteiger partial charge in [0.1, 0.15) is 0 Å². The molecular weight excluding hydrogens is 160 g/mol. The van der Waals surface area contributed by atoms with E-state index in [-0.39, 0.29) is 0 Å². The molecule has 0 atom stereocenters. The third kappa shape index (κ3) is 1.60. The zero-order valence-corrected chi connectivity index (χ0v) is 8.03. The molecule has 0 spiro atoms. The van der Waals surface area contributed by atoms with Crippen LogP contribution >= 0.6 is 0 Å². The molecule has 2 nitrogen and oxygen atoms in total. The first-order valence-corrected chi connectivity index (χ1v) is 4.77. The van der Waals surface area contributed by atoms with Crippen LogP contribution in [0.2, 0.25) is 0 Å². The predicted molar refractivity (Wildman–Crippen MR) is 54.6 cm³/mol. The van der Waals surface area contributed by atoms with E-state index in [0.717, 1.165) is 0 Å². The predicted octanol–water partition coefficient (Wildman–Crippen LogP) is 1.17. The van der Waals surface area contributed by atoms with E-state index in [2.05, 4.69) is 36.2 Å². The van der Waals surface area contributed by atoms with Crippen molar-refractivity contribution in [3.05, 3.63) is 35.4 Å². The van der Waals surface area contributed by atoms with Gasteiger partial charge in [-0.25, -0.2) is 0 Å². The van der Waals surface area contributed by atoms with Gasteiger partial charge in [-0.05, 0) is 18.2 Å². The van der Waals surface area contributed by atoms with Gasteiger partial charge in [0.25, 0.3) is 0 Å². The summed E-state index contributed by atoms with van der Waals surface area (Å²) in [5.41, 5.74) is 8.44. The number of likely N-dealkylation sites (N-methyl/N-ethyl adjacent to an activating group) is 1. The third-order valence-electron chi connectivity index (χ3n) is 2.78. The summed E-state index contributed by atoms with van der Waals surface area (Å²) in [7, 11) is 2.15. The van der Waals surface area contributed by atoms with Crippen molar-refractivity contribution in [2.24, 2.45) is 5.73 Å². The Labute approximate surface area is 79.4 Å². The molecule has 0 aliphatic carbocycles. The van der Waals surface area contributed by atoms with Crippen LogP contribution < -0.4 is 5.73 Å². The average molecular weight is 176 g/mol. The highest BCUT2D eigenvalue weighted by Crippen LogP contribution is 2.27.